The van der Waals surface area contributed by atoms with E-state index in [-0.39, 0.29) is 0 Å². The van der Waals surface area contributed by atoms with Gasteiger partial charge in [-0.05, 0) is 12.8 Å². The second-order valence-corrected chi connectivity index (χ2v) is 24.2. The predicted octanol–water partition coefficient (Wildman–Crippen LogP) is 7.53. The topological polar surface area (TPSA) is 68.3 Å². The zero-order valence-corrected chi connectivity index (χ0v) is 27.6. The van der Waals surface area contributed by atoms with E-state index in [0.717, 1.165) is 21.2 Å². The minimum absolute atomic E-state index is 0.342. The monoisotopic (exact) mass is 636 g/mol. The molecular formula is C34H40O4P4. The van der Waals surface area contributed by atoms with Gasteiger partial charge in [0.05, 0.1) is 0 Å². The molecule has 1 aliphatic rings. The van der Waals surface area contributed by atoms with E-state index in [2.05, 4.69) is 0 Å². The smallest absolute Gasteiger partial charge is 0.116 e. The van der Waals surface area contributed by atoms with Crippen LogP contribution in [-0.2, 0) is 18.3 Å². The minimum atomic E-state index is -2.91. The minimum Gasteiger partial charge on any atom is -0.319 e. The zero-order valence-electron chi connectivity index (χ0n) is 24.0. The van der Waals surface area contributed by atoms with Crippen molar-refractivity contribution in [1.82, 2.24) is 0 Å². The van der Waals surface area contributed by atoms with Crippen molar-refractivity contribution in [1.29, 1.82) is 0 Å². The lowest BCUT2D eigenvalue weighted by Gasteiger charge is -2.28. The second-order valence-electron chi connectivity index (χ2n) is 11.4. The van der Waals surface area contributed by atoms with E-state index in [9.17, 15) is 18.3 Å². The van der Waals surface area contributed by atoms with Gasteiger partial charge in [-0.3, -0.25) is 0 Å². The summed E-state index contributed by atoms with van der Waals surface area (Å²) in [5.41, 5.74) is 0. The fourth-order valence-electron chi connectivity index (χ4n) is 6.09. The van der Waals surface area contributed by atoms with Crippen molar-refractivity contribution in [3.63, 3.8) is 0 Å². The maximum absolute atomic E-state index is 14.7. The van der Waals surface area contributed by atoms with E-state index in [1.54, 1.807) is 0 Å². The van der Waals surface area contributed by atoms with Crippen LogP contribution >= 0.6 is 28.6 Å². The van der Waals surface area contributed by atoms with Crippen molar-refractivity contribution in [2.45, 2.75) is 12.8 Å². The van der Waals surface area contributed by atoms with Crippen LogP contribution in [0.5, 0.6) is 0 Å². The Balaban J connectivity index is 1.54. The lowest BCUT2D eigenvalue weighted by atomic mass is 10.4. The molecular weight excluding hydrogens is 596 g/mol. The molecule has 4 unspecified atom stereocenters. The number of hydrogen-bond acceptors (Lipinski definition) is 4. The maximum Gasteiger partial charge on any atom is 0.116 e. The molecule has 0 aromatic heterocycles. The Kier molecular flexibility index (Phi) is 10.1. The molecule has 4 aromatic carbocycles. The van der Waals surface area contributed by atoms with E-state index in [1.807, 2.05) is 121 Å². The summed E-state index contributed by atoms with van der Waals surface area (Å²) in [6.45, 7) is 0. The van der Waals surface area contributed by atoms with Gasteiger partial charge in [-0.25, -0.2) is 0 Å². The lowest BCUT2D eigenvalue weighted by molar-refractivity contribution is 0.570. The van der Waals surface area contributed by atoms with Crippen molar-refractivity contribution in [3.05, 3.63) is 121 Å². The molecule has 42 heavy (non-hydrogen) atoms. The Hall–Kier alpha value is -2.20. The molecule has 8 heteroatoms. The van der Waals surface area contributed by atoms with Gasteiger partial charge >= 0.3 is 0 Å². The Labute approximate surface area is 250 Å². The van der Waals surface area contributed by atoms with Crippen LogP contribution in [0.15, 0.2) is 121 Å². The van der Waals surface area contributed by atoms with Crippen molar-refractivity contribution in [3.8, 4) is 0 Å². The molecule has 1 saturated heterocycles. The average molecular weight is 637 g/mol. The fraction of sp³-hybridized carbons (Fsp3) is 0.294. The Morgan fingerprint density at radius 3 is 0.667 bits per heavy atom. The van der Waals surface area contributed by atoms with Gasteiger partial charge in [-0.15, -0.1) is 0 Å². The first-order chi connectivity index (χ1) is 20.2. The van der Waals surface area contributed by atoms with Gasteiger partial charge in [0.25, 0.3) is 0 Å². The molecule has 0 spiro atoms. The van der Waals surface area contributed by atoms with Gasteiger partial charge in [-0.2, -0.15) is 0 Å². The van der Waals surface area contributed by atoms with Gasteiger partial charge in [0.1, 0.15) is 28.6 Å². The van der Waals surface area contributed by atoms with E-state index in [4.69, 9.17) is 0 Å². The summed E-state index contributed by atoms with van der Waals surface area (Å²) in [6.07, 6.45) is 4.10. The largest absolute Gasteiger partial charge is 0.319 e. The summed E-state index contributed by atoms with van der Waals surface area (Å²) >= 11 is 0. The normalized spacial score (nSPS) is 29.7. The SMILES string of the molecule is O=P1(c2ccccc2)CCCP(=O)(c2ccccc2)CCP(=O)(c2ccccc2)CCCP(=O)(c2ccccc2)CC1. The summed E-state index contributed by atoms with van der Waals surface area (Å²) in [6, 6.07) is 38.3. The summed E-state index contributed by atoms with van der Waals surface area (Å²) in [5, 5.41) is 3.22. The highest BCUT2D eigenvalue weighted by Gasteiger charge is 2.36. The molecule has 0 N–H and O–H groups in total. The van der Waals surface area contributed by atoms with Crippen LogP contribution < -0.4 is 21.2 Å². The standard InChI is InChI=1S/C34H40O4P4/c35-39(31-15-5-1-6-16-31)23-13-24-41(37,33-19-9-3-10-20-33)29-30-42(38,34-21-11-4-12-22-34)26-14-25-40(36,28-27-39)32-17-7-2-8-18-32/h1-12,15-22H,13-14,23-30H2. The third kappa shape index (κ3) is 7.29. The van der Waals surface area contributed by atoms with E-state index >= 15 is 0 Å². The second kappa shape index (κ2) is 13.6. The van der Waals surface area contributed by atoms with Crippen LogP contribution in [0.25, 0.3) is 0 Å². The molecule has 1 aliphatic heterocycles. The van der Waals surface area contributed by atoms with Crippen LogP contribution in [0.4, 0.5) is 0 Å². The van der Waals surface area contributed by atoms with Crippen LogP contribution in [0.2, 0.25) is 0 Å². The zero-order chi connectivity index (χ0) is 29.5. The molecule has 1 heterocycles. The first-order valence-corrected chi connectivity index (χ1v) is 23.1. The van der Waals surface area contributed by atoms with Gasteiger partial charge < -0.3 is 18.3 Å². The molecule has 220 valence electrons. The van der Waals surface area contributed by atoms with Crippen LogP contribution in [0, 0.1) is 0 Å². The highest BCUT2D eigenvalue weighted by Crippen LogP contribution is 2.57. The van der Waals surface area contributed by atoms with Gasteiger partial charge in [-0.1, -0.05) is 121 Å². The maximum atomic E-state index is 14.7. The summed E-state index contributed by atoms with van der Waals surface area (Å²) in [4.78, 5) is 0. The first kappa shape index (κ1) is 31.2. The Morgan fingerprint density at radius 1 is 0.286 bits per heavy atom. The quantitative estimate of drug-likeness (QED) is 0.217. The molecule has 4 atom stereocenters. The summed E-state index contributed by atoms with van der Waals surface area (Å²) < 4.78 is 58.9. The average Bonchev–Trinajstić information content (AvgIpc) is 3.04. The Bertz CT molecular complexity index is 1390. The van der Waals surface area contributed by atoms with Crippen molar-refractivity contribution in [2.75, 3.05) is 49.3 Å². The predicted molar refractivity (Wildman–Crippen MR) is 183 cm³/mol. The van der Waals surface area contributed by atoms with Gasteiger partial charge in [0.15, 0.2) is 0 Å². The molecule has 0 saturated carbocycles. The molecule has 4 nitrogen and oxygen atoms in total. The highest BCUT2D eigenvalue weighted by molar-refractivity contribution is 7.76. The molecule has 0 radical (unpaired) electrons. The van der Waals surface area contributed by atoms with E-state index in [0.29, 0.717) is 62.1 Å². The van der Waals surface area contributed by atoms with Gasteiger partial charge in [0, 0.05) is 70.5 Å². The lowest BCUT2D eigenvalue weighted by Crippen LogP contribution is -2.21. The fourth-order valence-corrected chi connectivity index (χ4v) is 20.3. The van der Waals surface area contributed by atoms with Crippen molar-refractivity contribution in [2.24, 2.45) is 0 Å². The van der Waals surface area contributed by atoms with Crippen LogP contribution in [-0.4, -0.2) is 49.3 Å². The summed E-state index contributed by atoms with van der Waals surface area (Å²) in [7, 11) is -11.6. The number of hydrogen-bond donors (Lipinski definition) is 0. The van der Waals surface area contributed by atoms with Crippen molar-refractivity contribution < 1.29 is 18.3 Å². The van der Waals surface area contributed by atoms with E-state index < -0.39 is 28.6 Å². The summed E-state index contributed by atoms with van der Waals surface area (Å²) in [5.74, 6) is 0. The molecule has 0 aliphatic carbocycles. The third-order valence-electron chi connectivity index (χ3n) is 8.63. The Morgan fingerprint density at radius 2 is 0.476 bits per heavy atom. The van der Waals surface area contributed by atoms with Crippen LogP contribution in [0.1, 0.15) is 12.8 Å². The van der Waals surface area contributed by atoms with Crippen molar-refractivity contribution >= 4 is 49.8 Å². The third-order valence-corrected chi connectivity index (χ3v) is 22.2. The molecule has 5 rings (SSSR count). The number of benzene rings is 4. The molecule has 4 aromatic rings. The first-order valence-electron chi connectivity index (χ1n) is 14.8. The van der Waals surface area contributed by atoms with Gasteiger partial charge in [0.2, 0.25) is 0 Å². The van der Waals surface area contributed by atoms with E-state index in [1.165, 1.54) is 0 Å². The van der Waals surface area contributed by atoms with Crippen LogP contribution in [0.3, 0.4) is 0 Å². The molecule has 0 amide bonds. The number of rotatable bonds is 4. The molecule has 1 fully saturated rings. The highest BCUT2D eigenvalue weighted by atomic mass is 31.2. The molecule has 0 bridgehead atoms.